The van der Waals surface area contributed by atoms with Crippen LogP contribution in [-0.4, -0.2) is 53.3 Å². The summed E-state index contributed by atoms with van der Waals surface area (Å²) in [5, 5.41) is 9.20. The Morgan fingerprint density at radius 2 is 1.74 bits per heavy atom. The van der Waals surface area contributed by atoms with Crippen molar-refractivity contribution in [3.8, 4) is 5.75 Å². The van der Waals surface area contributed by atoms with Crippen molar-refractivity contribution >= 4 is 29.3 Å². The molecule has 0 radical (unpaired) electrons. The molecule has 4 aliphatic heterocycles. The molecule has 0 saturated carbocycles. The van der Waals surface area contributed by atoms with Gasteiger partial charge in [0.05, 0.1) is 17.2 Å². The molecule has 2 unspecified atom stereocenters. The van der Waals surface area contributed by atoms with Gasteiger partial charge in [0.25, 0.3) is 11.8 Å². The van der Waals surface area contributed by atoms with Crippen LogP contribution < -0.4 is 20.7 Å². The lowest BCUT2D eigenvalue weighted by Crippen LogP contribution is -2.54. The fourth-order valence-corrected chi connectivity index (χ4v) is 5.70. The zero-order valence-electron chi connectivity index (χ0n) is 19.1. The maximum absolute atomic E-state index is 13.2. The third-order valence-corrected chi connectivity index (χ3v) is 7.49. The highest BCUT2D eigenvalue weighted by Crippen LogP contribution is 2.45. The molecule has 0 aromatic heterocycles. The van der Waals surface area contributed by atoms with Crippen LogP contribution in [0.5, 0.6) is 5.75 Å². The number of rotatable bonds is 3. The zero-order valence-corrected chi connectivity index (χ0v) is 19.1. The highest BCUT2D eigenvalue weighted by atomic mass is 16.5. The zero-order chi connectivity index (χ0) is 24.2. The number of fused-ring (bicyclic) bond motifs is 2. The second-order valence-corrected chi connectivity index (χ2v) is 9.68. The largest absolute Gasteiger partial charge is 0.487 e. The predicted molar refractivity (Wildman–Crippen MR) is 126 cm³/mol. The molecule has 4 heterocycles. The minimum atomic E-state index is -0.973. The Morgan fingerprint density at radius 1 is 0.971 bits per heavy atom. The molecule has 4 aliphatic rings. The van der Waals surface area contributed by atoms with Gasteiger partial charge in [-0.2, -0.15) is 0 Å². The average Bonchev–Trinajstić information content (AvgIpc) is 3.09. The predicted octanol–water partition coefficient (Wildman–Crippen LogP) is 2.15. The summed E-state index contributed by atoms with van der Waals surface area (Å²) >= 11 is 0. The number of imide groups is 2. The van der Waals surface area contributed by atoms with Gasteiger partial charge in [-0.3, -0.25) is 29.4 Å². The van der Waals surface area contributed by atoms with E-state index in [4.69, 9.17) is 4.74 Å². The molecule has 2 atom stereocenters. The van der Waals surface area contributed by atoms with Crippen LogP contribution in [0, 0.1) is 0 Å². The summed E-state index contributed by atoms with van der Waals surface area (Å²) in [7, 11) is 0. The van der Waals surface area contributed by atoms with Crippen molar-refractivity contribution < 1.29 is 23.9 Å². The summed E-state index contributed by atoms with van der Waals surface area (Å²) in [4.78, 5) is 51.0. The molecule has 180 valence electrons. The van der Waals surface area contributed by atoms with E-state index in [-0.39, 0.29) is 35.6 Å². The number of nitrogens with one attached hydrogen (secondary N) is 3. The van der Waals surface area contributed by atoms with Crippen molar-refractivity contribution in [1.29, 1.82) is 0 Å². The Kier molecular flexibility index (Phi) is 5.10. The molecular formula is C26H26N4O5. The lowest BCUT2D eigenvalue weighted by atomic mass is 9.81. The number of ether oxygens (including phenoxy) is 1. The number of carbonyl (C=O) groups excluding carboxylic acids is 4. The number of nitrogens with zero attached hydrogens (tertiary/aromatic N) is 1. The van der Waals surface area contributed by atoms with Gasteiger partial charge in [0.2, 0.25) is 11.8 Å². The lowest BCUT2D eigenvalue weighted by molar-refractivity contribution is -0.136. The monoisotopic (exact) mass is 474 g/mol. The number of benzene rings is 2. The Hall–Kier alpha value is -3.72. The fraction of sp³-hybridized carbons (Fsp3) is 0.385. The molecule has 4 amide bonds. The minimum absolute atomic E-state index is 0.0189. The third-order valence-electron chi connectivity index (χ3n) is 7.49. The molecular weight excluding hydrogens is 448 g/mol. The third kappa shape index (κ3) is 3.67. The summed E-state index contributed by atoms with van der Waals surface area (Å²) in [6.45, 7) is 1.81. The SMILES string of the molecule is O=C1CCC(N2C(=O)c3ccc(NC4CC5(CCNCC5)Oc5ccccc54)cc3C2=O)C(=O)N1. The van der Waals surface area contributed by atoms with Crippen LogP contribution in [-0.2, 0) is 9.59 Å². The van der Waals surface area contributed by atoms with Crippen molar-refractivity contribution in [2.24, 2.45) is 0 Å². The van der Waals surface area contributed by atoms with Crippen LogP contribution in [0.1, 0.15) is 64.4 Å². The van der Waals surface area contributed by atoms with Crippen LogP contribution in [0.3, 0.4) is 0 Å². The maximum Gasteiger partial charge on any atom is 0.262 e. The topological polar surface area (TPSA) is 117 Å². The fourth-order valence-electron chi connectivity index (χ4n) is 5.70. The minimum Gasteiger partial charge on any atom is -0.487 e. The first-order valence-electron chi connectivity index (χ1n) is 12.0. The normalized spacial score (nSPS) is 25.1. The first-order chi connectivity index (χ1) is 16.9. The smallest absolute Gasteiger partial charge is 0.262 e. The van der Waals surface area contributed by atoms with Crippen molar-refractivity contribution in [2.45, 2.75) is 49.8 Å². The highest BCUT2D eigenvalue weighted by molar-refractivity contribution is 6.23. The Bertz CT molecular complexity index is 1250. The van der Waals surface area contributed by atoms with Crippen molar-refractivity contribution in [3.63, 3.8) is 0 Å². The van der Waals surface area contributed by atoms with E-state index in [1.165, 1.54) is 0 Å². The standard InChI is InChI=1S/C26H26N4O5/c31-22-8-7-20(23(32)29-22)30-24(33)16-6-5-15(13-18(16)25(30)34)28-19-14-26(9-11-27-12-10-26)35-21-4-2-1-3-17(19)21/h1-6,13,19-20,27-28H,7-12,14H2,(H,29,31,32). The van der Waals surface area contributed by atoms with Crippen LogP contribution >= 0.6 is 0 Å². The van der Waals surface area contributed by atoms with Crippen LogP contribution in [0.4, 0.5) is 5.69 Å². The second-order valence-electron chi connectivity index (χ2n) is 9.68. The molecule has 3 N–H and O–H groups in total. The van der Waals surface area contributed by atoms with E-state index in [1.54, 1.807) is 18.2 Å². The number of hydrogen-bond acceptors (Lipinski definition) is 7. The summed E-state index contributed by atoms with van der Waals surface area (Å²) in [6, 6.07) is 12.1. The van der Waals surface area contributed by atoms with Gasteiger partial charge in [0.15, 0.2) is 0 Å². The molecule has 9 heteroatoms. The molecule has 2 aromatic carbocycles. The molecule has 35 heavy (non-hydrogen) atoms. The second kappa shape index (κ2) is 8.20. The summed E-state index contributed by atoms with van der Waals surface area (Å²) in [6.07, 6.45) is 2.85. The van der Waals surface area contributed by atoms with Crippen LogP contribution in [0.25, 0.3) is 0 Å². The van der Waals surface area contributed by atoms with E-state index >= 15 is 0 Å². The summed E-state index contributed by atoms with van der Waals surface area (Å²) in [5.41, 5.74) is 2.07. The van der Waals surface area contributed by atoms with Gasteiger partial charge in [0.1, 0.15) is 17.4 Å². The quantitative estimate of drug-likeness (QED) is 0.584. The molecule has 1 spiro atoms. The molecule has 2 fully saturated rings. The van der Waals surface area contributed by atoms with E-state index in [2.05, 4.69) is 16.0 Å². The van der Waals surface area contributed by atoms with E-state index < -0.39 is 29.7 Å². The molecule has 0 bridgehead atoms. The Balaban J connectivity index is 1.28. The number of carbonyl (C=O) groups is 4. The van der Waals surface area contributed by atoms with Gasteiger partial charge >= 0.3 is 0 Å². The van der Waals surface area contributed by atoms with E-state index in [9.17, 15) is 19.2 Å². The maximum atomic E-state index is 13.2. The molecule has 9 nitrogen and oxygen atoms in total. The van der Waals surface area contributed by atoms with Gasteiger partial charge < -0.3 is 15.4 Å². The summed E-state index contributed by atoms with van der Waals surface area (Å²) in [5.74, 6) is -1.14. The number of para-hydroxylation sites is 1. The first-order valence-corrected chi connectivity index (χ1v) is 12.0. The molecule has 2 saturated heterocycles. The van der Waals surface area contributed by atoms with Gasteiger partial charge in [-0.1, -0.05) is 18.2 Å². The molecule has 6 rings (SSSR count). The van der Waals surface area contributed by atoms with E-state index in [1.807, 2.05) is 24.3 Å². The number of amides is 4. The molecule has 0 aliphatic carbocycles. The van der Waals surface area contributed by atoms with Gasteiger partial charge in [-0.05, 0) is 56.6 Å². The Labute approximate surface area is 202 Å². The van der Waals surface area contributed by atoms with Crippen molar-refractivity contribution in [2.75, 3.05) is 18.4 Å². The van der Waals surface area contributed by atoms with Gasteiger partial charge in [0, 0.05) is 24.1 Å². The Morgan fingerprint density at radius 3 is 2.54 bits per heavy atom. The van der Waals surface area contributed by atoms with E-state index in [0.29, 0.717) is 0 Å². The van der Waals surface area contributed by atoms with Crippen LogP contribution in [0.15, 0.2) is 42.5 Å². The van der Waals surface area contributed by atoms with Crippen LogP contribution in [0.2, 0.25) is 0 Å². The highest BCUT2D eigenvalue weighted by Gasteiger charge is 2.45. The summed E-state index contributed by atoms with van der Waals surface area (Å²) < 4.78 is 6.49. The average molecular weight is 475 g/mol. The first kappa shape index (κ1) is 21.8. The number of hydrogen-bond donors (Lipinski definition) is 3. The van der Waals surface area contributed by atoms with Gasteiger partial charge in [-0.25, -0.2) is 0 Å². The lowest BCUT2D eigenvalue weighted by Gasteiger charge is -2.45. The molecule has 2 aromatic rings. The van der Waals surface area contributed by atoms with Crippen molar-refractivity contribution in [3.05, 3.63) is 59.2 Å². The van der Waals surface area contributed by atoms with Gasteiger partial charge in [-0.15, -0.1) is 0 Å². The number of piperidine rings is 2. The van der Waals surface area contributed by atoms with E-state index in [0.717, 1.165) is 54.3 Å². The van der Waals surface area contributed by atoms with Crippen molar-refractivity contribution in [1.82, 2.24) is 15.5 Å². The number of anilines is 1.